The third kappa shape index (κ3) is 7.13. The molecule has 1 unspecified atom stereocenters. The molecule has 8 nitrogen and oxygen atoms in total. The monoisotopic (exact) mass is 398 g/mol. The van der Waals surface area contributed by atoms with Gasteiger partial charge in [-0.15, -0.1) is 0 Å². The van der Waals surface area contributed by atoms with E-state index in [1.807, 2.05) is 27.7 Å². The minimum Gasteiger partial charge on any atom is -0.444 e. The number of amides is 1. The highest BCUT2D eigenvalue weighted by molar-refractivity contribution is 5.80. The number of piperidine rings is 1. The Balaban J connectivity index is 1.95. The van der Waals surface area contributed by atoms with E-state index >= 15 is 0 Å². The molecule has 162 valence electrons. The van der Waals surface area contributed by atoms with E-state index in [1.165, 1.54) is 0 Å². The molecule has 0 spiro atoms. The van der Waals surface area contributed by atoms with Crippen molar-refractivity contribution in [2.45, 2.75) is 70.6 Å². The Morgan fingerprint density at radius 3 is 2.64 bits per heavy atom. The third-order valence-electron chi connectivity index (χ3n) is 5.12. The average Bonchev–Trinajstić information content (AvgIpc) is 2.66. The summed E-state index contributed by atoms with van der Waals surface area (Å²) in [7, 11) is 1.75. The highest BCUT2D eigenvalue weighted by Crippen LogP contribution is 2.24. The molecule has 2 heterocycles. The zero-order valence-electron chi connectivity index (χ0n) is 18.2. The van der Waals surface area contributed by atoms with Gasteiger partial charge in [-0.2, -0.15) is 0 Å². The van der Waals surface area contributed by atoms with E-state index in [-0.39, 0.29) is 17.7 Å². The molecular weight excluding hydrogens is 360 g/mol. The number of hydrogen-bond acceptors (Lipinski definition) is 5. The lowest BCUT2D eigenvalue weighted by Gasteiger charge is -2.36. The van der Waals surface area contributed by atoms with Crippen LogP contribution in [0, 0.1) is 0 Å². The summed E-state index contributed by atoms with van der Waals surface area (Å²) in [6.07, 6.45) is 3.38. The van der Waals surface area contributed by atoms with Crippen LogP contribution in [0.1, 0.15) is 53.4 Å². The van der Waals surface area contributed by atoms with E-state index < -0.39 is 5.60 Å². The average molecular weight is 399 g/mol. The summed E-state index contributed by atoms with van der Waals surface area (Å²) in [5.74, 6) is 0.765. The van der Waals surface area contributed by atoms with E-state index in [1.54, 1.807) is 12.0 Å². The number of ether oxygens (including phenoxy) is 3. The molecule has 2 rings (SSSR count). The molecular formula is C20H38N4O4. The van der Waals surface area contributed by atoms with Gasteiger partial charge in [0.2, 0.25) is 0 Å². The first-order valence-corrected chi connectivity index (χ1v) is 10.4. The number of hydrogen-bond donors (Lipinski definition) is 2. The summed E-state index contributed by atoms with van der Waals surface area (Å²) < 4.78 is 16.8. The topological polar surface area (TPSA) is 84.4 Å². The summed E-state index contributed by atoms with van der Waals surface area (Å²) in [5.41, 5.74) is -0.734. The van der Waals surface area contributed by atoms with Gasteiger partial charge in [-0.3, -0.25) is 4.99 Å². The lowest BCUT2D eigenvalue weighted by Crippen LogP contribution is -2.53. The maximum Gasteiger partial charge on any atom is 0.410 e. The fraction of sp³-hybridized carbons (Fsp3) is 0.900. The van der Waals surface area contributed by atoms with E-state index in [4.69, 9.17) is 19.2 Å². The quantitative estimate of drug-likeness (QED) is 0.545. The Bertz CT molecular complexity index is 527. The van der Waals surface area contributed by atoms with Crippen molar-refractivity contribution in [1.29, 1.82) is 0 Å². The van der Waals surface area contributed by atoms with Crippen LogP contribution >= 0.6 is 0 Å². The van der Waals surface area contributed by atoms with Crippen molar-refractivity contribution in [2.75, 3.05) is 46.5 Å². The van der Waals surface area contributed by atoms with Crippen LogP contribution in [-0.2, 0) is 14.2 Å². The molecule has 1 atom stereocenters. The number of methoxy groups -OCH3 is 1. The second kappa shape index (κ2) is 10.3. The molecule has 0 aromatic rings. The standard InChI is InChI=1S/C20H38N4O4/c1-6-21-17(22-15-20(26-5)9-12-27-13-10-20)23-16-8-7-11-24(14-16)18(25)28-19(2,3)4/h16H,6-15H2,1-5H3,(H2,21,22,23). The van der Waals surface area contributed by atoms with Gasteiger partial charge in [0.05, 0.1) is 12.1 Å². The number of carbonyl (C=O) groups excluding carboxylic acids is 1. The predicted molar refractivity (Wildman–Crippen MR) is 110 cm³/mol. The molecule has 0 saturated carbocycles. The van der Waals surface area contributed by atoms with E-state index in [9.17, 15) is 4.79 Å². The summed E-state index contributed by atoms with van der Waals surface area (Å²) in [4.78, 5) is 19.0. The van der Waals surface area contributed by atoms with Crippen molar-refractivity contribution in [2.24, 2.45) is 4.99 Å². The zero-order valence-corrected chi connectivity index (χ0v) is 18.2. The Hall–Kier alpha value is -1.54. The van der Waals surface area contributed by atoms with Crippen LogP contribution < -0.4 is 10.6 Å². The maximum absolute atomic E-state index is 12.4. The van der Waals surface area contributed by atoms with Crippen LogP contribution in [0.15, 0.2) is 4.99 Å². The lowest BCUT2D eigenvalue weighted by atomic mass is 9.94. The molecule has 2 fully saturated rings. The lowest BCUT2D eigenvalue weighted by molar-refractivity contribution is -0.0828. The fourth-order valence-corrected chi connectivity index (χ4v) is 3.49. The van der Waals surface area contributed by atoms with Gasteiger partial charge in [0.25, 0.3) is 0 Å². The van der Waals surface area contributed by atoms with Gasteiger partial charge in [-0.1, -0.05) is 0 Å². The first-order chi connectivity index (χ1) is 13.3. The number of guanidine groups is 1. The minimum absolute atomic E-state index is 0.146. The zero-order chi connectivity index (χ0) is 20.6. The molecule has 2 N–H and O–H groups in total. The summed E-state index contributed by atoms with van der Waals surface area (Å²) in [6.45, 7) is 11.8. The molecule has 2 aliphatic heterocycles. The van der Waals surface area contributed by atoms with Crippen molar-refractivity contribution < 1.29 is 19.0 Å². The fourth-order valence-electron chi connectivity index (χ4n) is 3.49. The van der Waals surface area contributed by atoms with Gasteiger partial charge < -0.3 is 29.7 Å². The predicted octanol–water partition coefficient (Wildman–Crippen LogP) is 2.14. The first kappa shape index (κ1) is 22.7. The Morgan fingerprint density at radius 1 is 1.32 bits per heavy atom. The summed E-state index contributed by atoms with van der Waals surface area (Å²) in [6, 6.07) is 0.146. The van der Waals surface area contributed by atoms with Gasteiger partial charge in [0.1, 0.15) is 5.60 Å². The van der Waals surface area contributed by atoms with E-state index in [0.717, 1.165) is 44.7 Å². The number of carbonyl (C=O) groups is 1. The highest BCUT2D eigenvalue weighted by Gasteiger charge is 2.33. The smallest absolute Gasteiger partial charge is 0.410 e. The second-order valence-electron chi connectivity index (χ2n) is 8.60. The largest absolute Gasteiger partial charge is 0.444 e. The van der Waals surface area contributed by atoms with Crippen molar-refractivity contribution >= 4 is 12.1 Å². The van der Waals surface area contributed by atoms with Crippen molar-refractivity contribution in [1.82, 2.24) is 15.5 Å². The Kier molecular flexibility index (Phi) is 8.37. The molecule has 2 saturated heterocycles. The molecule has 0 aromatic heterocycles. The van der Waals surface area contributed by atoms with Crippen molar-refractivity contribution in [3.05, 3.63) is 0 Å². The second-order valence-corrected chi connectivity index (χ2v) is 8.60. The Labute approximate surface area is 169 Å². The number of aliphatic imine (C=N–C) groups is 1. The SMILES string of the molecule is CCNC(=NCC1(OC)CCOCC1)NC1CCCN(C(=O)OC(C)(C)C)C1. The van der Waals surface area contributed by atoms with Gasteiger partial charge >= 0.3 is 6.09 Å². The van der Waals surface area contributed by atoms with Crippen LogP contribution in [0.4, 0.5) is 4.79 Å². The molecule has 0 aliphatic carbocycles. The van der Waals surface area contributed by atoms with Crippen LogP contribution in [0.2, 0.25) is 0 Å². The number of likely N-dealkylation sites (tertiary alicyclic amines) is 1. The number of nitrogens with zero attached hydrogens (tertiary/aromatic N) is 2. The molecule has 0 aromatic carbocycles. The third-order valence-corrected chi connectivity index (χ3v) is 5.12. The maximum atomic E-state index is 12.4. The summed E-state index contributed by atoms with van der Waals surface area (Å²) in [5, 5.41) is 6.80. The molecule has 8 heteroatoms. The number of nitrogens with one attached hydrogen (secondary N) is 2. The van der Waals surface area contributed by atoms with E-state index in [2.05, 4.69) is 10.6 Å². The molecule has 1 amide bonds. The molecule has 0 radical (unpaired) electrons. The van der Waals surface area contributed by atoms with E-state index in [0.29, 0.717) is 26.3 Å². The van der Waals surface area contributed by atoms with Gasteiger partial charge in [-0.05, 0) is 40.5 Å². The van der Waals surface area contributed by atoms with Crippen LogP contribution in [0.3, 0.4) is 0 Å². The van der Waals surface area contributed by atoms with Crippen LogP contribution in [0.25, 0.3) is 0 Å². The van der Waals surface area contributed by atoms with Crippen molar-refractivity contribution in [3.8, 4) is 0 Å². The summed E-state index contributed by atoms with van der Waals surface area (Å²) >= 11 is 0. The number of rotatable bonds is 5. The first-order valence-electron chi connectivity index (χ1n) is 10.4. The normalized spacial score (nSPS) is 23.2. The molecule has 2 aliphatic rings. The highest BCUT2D eigenvalue weighted by atomic mass is 16.6. The minimum atomic E-state index is -0.480. The van der Waals surface area contributed by atoms with Crippen LogP contribution in [-0.4, -0.2) is 80.7 Å². The molecule has 28 heavy (non-hydrogen) atoms. The Morgan fingerprint density at radius 2 is 2.04 bits per heavy atom. The van der Waals surface area contributed by atoms with Gasteiger partial charge in [0, 0.05) is 58.8 Å². The van der Waals surface area contributed by atoms with Gasteiger partial charge in [-0.25, -0.2) is 4.79 Å². The molecule has 0 bridgehead atoms. The van der Waals surface area contributed by atoms with Crippen molar-refractivity contribution in [3.63, 3.8) is 0 Å². The van der Waals surface area contributed by atoms with Gasteiger partial charge in [0.15, 0.2) is 5.96 Å². The van der Waals surface area contributed by atoms with Crippen LogP contribution in [0.5, 0.6) is 0 Å².